The lowest BCUT2D eigenvalue weighted by Crippen LogP contribution is -2.59. The maximum Gasteiger partial charge on any atom is 0.306 e. The second-order valence-electron chi connectivity index (χ2n) is 15.5. The molecule has 10 heteroatoms. The number of esters is 2. The van der Waals surface area contributed by atoms with E-state index in [9.17, 15) is 30.0 Å². The van der Waals surface area contributed by atoms with Gasteiger partial charge in [-0.1, -0.05) is 181 Å². The normalized spacial score (nSPS) is 20.8. The molecule has 1 aliphatic rings. The molecule has 0 aromatic heterocycles. The first kappa shape index (κ1) is 49.7. The molecule has 53 heavy (non-hydrogen) atoms. The zero-order valence-corrected chi connectivity index (χ0v) is 34.0. The zero-order valence-electron chi connectivity index (χ0n) is 34.0. The van der Waals surface area contributed by atoms with Crippen molar-refractivity contribution in [3.63, 3.8) is 0 Å². The van der Waals surface area contributed by atoms with Gasteiger partial charge in [0.05, 0.1) is 13.2 Å². The van der Waals surface area contributed by atoms with E-state index in [1.54, 1.807) is 0 Å². The van der Waals surface area contributed by atoms with Gasteiger partial charge in [0.1, 0.15) is 31.0 Å². The van der Waals surface area contributed by atoms with Crippen molar-refractivity contribution >= 4 is 11.9 Å². The van der Waals surface area contributed by atoms with Crippen molar-refractivity contribution in [2.24, 2.45) is 0 Å². The lowest BCUT2D eigenvalue weighted by Gasteiger charge is -2.39. The number of hydrogen-bond donors (Lipinski definition) is 4. The molecule has 10 nitrogen and oxygen atoms in total. The minimum atomic E-state index is -1.59. The van der Waals surface area contributed by atoms with Crippen LogP contribution in [-0.2, 0) is 28.5 Å². The lowest BCUT2D eigenvalue weighted by molar-refractivity contribution is -0.305. The van der Waals surface area contributed by atoms with Crippen LogP contribution >= 0.6 is 0 Å². The minimum Gasteiger partial charge on any atom is -0.462 e. The van der Waals surface area contributed by atoms with Crippen LogP contribution in [0.3, 0.4) is 0 Å². The van der Waals surface area contributed by atoms with Gasteiger partial charge in [0.25, 0.3) is 0 Å². The summed E-state index contributed by atoms with van der Waals surface area (Å²) in [7, 11) is 0. The number of ether oxygens (including phenoxy) is 4. The number of unbranched alkanes of at least 4 members (excludes halogenated alkanes) is 26. The van der Waals surface area contributed by atoms with Gasteiger partial charge in [-0.3, -0.25) is 9.59 Å². The fourth-order valence-corrected chi connectivity index (χ4v) is 6.95. The largest absolute Gasteiger partial charge is 0.462 e. The predicted octanol–water partition coefficient (Wildman–Crippen LogP) is 9.00. The van der Waals surface area contributed by atoms with Crippen LogP contribution in [0.1, 0.15) is 206 Å². The molecule has 0 spiro atoms. The van der Waals surface area contributed by atoms with Gasteiger partial charge in [0, 0.05) is 12.8 Å². The van der Waals surface area contributed by atoms with Gasteiger partial charge in [-0.15, -0.1) is 0 Å². The second-order valence-corrected chi connectivity index (χ2v) is 15.5. The summed E-state index contributed by atoms with van der Waals surface area (Å²) in [5.74, 6) is -0.793. The van der Waals surface area contributed by atoms with E-state index in [1.165, 1.54) is 135 Å². The molecule has 0 aromatic rings. The average molecular weight is 759 g/mol. The van der Waals surface area contributed by atoms with Crippen LogP contribution in [0.15, 0.2) is 0 Å². The third-order valence-corrected chi connectivity index (χ3v) is 10.5. The molecule has 0 bridgehead atoms. The number of rotatable bonds is 37. The van der Waals surface area contributed by atoms with Gasteiger partial charge < -0.3 is 39.4 Å². The average Bonchev–Trinajstić information content (AvgIpc) is 3.15. The van der Waals surface area contributed by atoms with Crippen molar-refractivity contribution < 1.29 is 49.0 Å². The van der Waals surface area contributed by atoms with Crippen LogP contribution < -0.4 is 0 Å². The SMILES string of the molecule is CCCCCCCCCCCCCCCCCC(=O)OC[C@@H](CO[C@H]1O[C@@H](CO)[C@@H](O)C(O)C1O)OC(=O)CCCCCCCCCCCCCCC. The zero-order chi connectivity index (χ0) is 38.8. The molecule has 1 heterocycles. The summed E-state index contributed by atoms with van der Waals surface area (Å²) in [6, 6.07) is 0. The number of aliphatic hydroxyl groups is 4. The van der Waals surface area contributed by atoms with E-state index in [2.05, 4.69) is 13.8 Å². The van der Waals surface area contributed by atoms with Gasteiger partial charge in [0.2, 0.25) is 0 Å². The molecule has 0 saturated carbocycles. The Hall–Kier alpha value is -1.30. The lowest BCUT2D eigenvalue weighted by atomic mass is 9.99. The molecule has 0 aliphatic carbocycles. The van der Waals surface area contributed by atoms with Crippen LogP contribution in [0.5, 0.6) is 0 Å². The Balaban J connectivity index is 2.32. The Morgan fingerprint density at radius 2 is 0.887 bits per heavy atom. The van der Waals surface area contributed by atoms with Gasteiger partial charge in [-0.2, -0.15) is 0 Å². The highest BCUT2D eigenvalue weighted by Gasteiger charge is 2.44. The first-order chi connectivity index (χ1) is 25.8. The van der Waals surface area contributed by atoms with Gasteiger partial charge in [-0.25, -0.2) is 0 Å². The number of carbonyl (C=O) groups excluding carboxylic acids is 2. The van der Waals surface area contributed by atoms with Gasteiger partial charge in [0.15, 0.2) is 12.4 Å². The third-order valence-electron chi connectivity index (χ3n) is 10.5. The summed E-state index contributed by atoms with van der Waals surface area (Å²) < 4.78 is 22.1. The topological polar surface area (TPSA) is 152 Å². The molecular weight excluding hydrogens is 676 g/mol. The number of hydrogen-bond acceptors (Lipinski definition) is 10. The molecule has 1 aliphatic heterocycles. The van der Waals surface area contributed by atoms with E-state index in [4.69, 9.17) is 18.9 Å². The van der Waals surface area contributed by atoms with Crippen LogP contribution in [0.25, 0.3) is 0 Å². The van der Waals surface area contributed by atoms with Crippen molar-refractivity contribution in [3.05, 3.63) is 0 Å². The van der Waals surface area contributed by atoms with E-state index in [-0.39, 0.29) is 32.0 Å². The summed E-state index contributed by atoms with van der Waals surface area (Å²) >= 11 is 0. The van der Waals surface area contributed by atoms with E-state index in [0.29, 0.717) is 6.42 Å². The first-order valence-corrected chi connectivity index (χ1v) is 22.1. The Kier molecular flexibility index (Phi) is 33.0. The molecule has 0 radical (unpaired) electrons. The Bertz CT molecular complexity index is 840. The molecule has 1 saturated heterocycles. The maximum absolute atomic E-state index is 12.7. The number of aliphatic hydroxyl groups excluding tert-OH is 4. The summed E-state index contributed by atoms with van der Waals surface area (Å²) in [5, 5.41) is 40.0. The molecule has 6 atom stereocenters. The van der Waals surface area contributed by atoms with Crippen molar-refractivity contribution in [1.29, 1.82) is 0 Å². The van der Waals surface area contributed by atoms with E-state index < -0.39 is 49.4 Å². The molecule has 1 rings (SSSR count). The predicted molar refractivity (Wildman–Crippen MR) is 210 cm³/mol. The smallest absolute Gasteiger partial charge is 0.306 e. The molecular formula is C43H82O10. The highest BCUT2D eigenvalue weighted by Crippen LogP contribution is 2.23. The van der Waals surface area contributed by atoms with Crippen LogP contribution in [0.2, 0.25) is 0 Å². The van der Waals surface area contributed by atoms with Crippen molar-refractivity contribution in [2.75, 3.05) is 19.8 Å². The number of carbonyl (C=O) groups is 2. The maximum atomic E-state index is 12.7. The third kappa shape index (κ3) is 27.0. The van der Waals surface area contributed by atoms with Gasteiger partial charge >= 0.3 is 11.9 Å². The Labute approximate surface area is 323 Å². The highest BCUT2D eigenvalue weighted by molar-refractivity contribution is 5.70. The monoisotopic (exact) mass is 759 g/mol. The fourth-order valence-electron chi connectivity index (χ4n) is 6.95. The molecule has 0 amide bonds. The molecule has 2 unspecified atom stereocenters. The van der Waals surface area contributed by atoms with Crippen LogP contribution in [0, 0.1) is 0 Å². The van der Waals surface area contributed by atoms with Crippen LogP contribution in [-0.4, -0.2) is 89.0 Å². The Morgan fingerprint density at radius 3 is 1.28 bits per heavy atom. The minimum absolute atomic E-state index is 0.209. The van der Waals surface area contributed by atoms with Crippen molar-refractivity contribution in [2.45, 2.75) is 243 Å². The molecule has 1 fully saturated rings. The first-order valence-electron chi connectivity index (χ1n) is 22.1. The highest BCUT2D eigenvalue weighted by atomic mass is 16.7. The summed E-state index contributed by atoms with van der Waals surface area (Å²) in [5.41, 5.74) is 0. The fraction of sp³-hybridized carbons (Fsp3) is 0.953. The standard InChI is InChI=1S/C43H82O10/c1-3-5-7-9-11-13-15-17-18-20-21-23-25-27-29-31-38(45)50-34-36(35-51-43-42(49)41(48)40(47)37(33-44)53-43)52-39(46)32-30-28-26-24-22-19-16-14-12-10-8-6-4-2/h36-37,40-44,47-49H,3-35H2,1-2H3/t36-,37-,40+,41?,42?,43-/m0/s1. The van der Waals surface area contributed by atoms with E-state index in [0.717, 1.165) is 38.5 Å². The van der Waals surface area contributed by atoms with Crippen molar-refractivity contribution in [3.8, 4) is 0 Å². The molecule has 4 N–H and O–H groups in total. The van der Waals surface area contributed by atoms with E-state index in [1.807, 2.05) is 0 Å². The molecule has 0 aromatic carbocycles. The molecule has 314 valence electrons. The van der Waals surface area contributed by atoms with Crippen LogP contribution in [0.4, 0.5) is 0 Å². The summed E-state index contributed by atoms with van der Waals surface area (Å²) in [4.78, 5) is 25.3. The summed E-state index contributed by atoms with van der Waals surface area (Å²) in [6.45, 7) is 3.44. The van der Waals surface area contributed by atoms with Crippen molar-refractivity contribution in [1.82, 2.24) is 0 Å². The van der Waals surface area contributed by atoms with E-state index >= 15 is 0 Å². The second kappa shape index (κ2) is 35.1. The van der Waals surface area contributed by atoms with Gasteiger partial charge in [-0.05, 0) is 12.8 Å². The quantitative estimate of drug-likeness (QED) is 0.0357. The Morgan fingerprint density at radius 1 is 0.509 bits per heavy atom. The summed E-state index contributed by atoms with van der Waals surface area (Å²) in [6.07, 6.45) is 26.8.